The monoisotopic (exact) mass is 381 g/mol. The molecule has 3 aromatic rings. The van der Waals surface area contributed by atoms with Crippen molar-refractivity contribution >= 4 is 23.0 Å². The van der Waals surface area contributed by atoms with Crippen molar-refractivity contribution in [3.63, 3.8) is 0 Å². The molecule has 3 rings (SSSR count). The predicted octanol–water partition coefficient (Wildman–Crippen LogP) is 3.62. The fourth-order valence-electron chi connectivity index (χ4n) is 2.13. The molecule has 7 nitrogen and oxygen atoms in total. The molecule has 0 aliphatic carbocycles. The van der Waals surface area contributed by atoms with E-state index in [4.69, 9.17) is 31.8 Å². The summed E-state index contributed by atoms with van der Waals surface area (Å²) in [6, 6.07) is 20.4. The Morgan fingerprint density at radius 1 is 0.714 bits per heavy atom. The third kappa shape index (κ3) is 6.80. The normalized spacial score (nSPS) is 9.93. The van der Waals surface area contributed by atoms with Gasteiger partial charge in [0, 0.05) is 24.0 Å². The second kappa shape index (κ2) is 9.72. The van der Waals surface area contributed by atoms with Gasteiger partial charge in [0.25, 0.3) is 0 Å². The molecule has 0 radical (unpaired) electrons. The summed E-state index contributed by atoms with van der Waals surface area (Å²) >= 11 is 0. The molecular formula is C21H23N3O4. The van der Waals surface area contributed by atoms with Crippen molar-refractivity contribution in [2.75, 3.05) is 17.2 Å². The van der Waals surface area contributed by atoms with Crippen LogP contribution in [0.25, 0.3) is 0 Å². The van der Waals surface area contributed by atoms with Crippen molar-refractivity contribution in [1.29, 1.82) is 0 Å². The molecule has 0 spiro atoms. The third-order valence-corrected chi connectivity index (χ3v) is 3.52. The van der Waals surface area contributed by atoms with E-state index in [1.807, 2.05) is 6.92 Å². The summed E-state index contributed by atoms with van der Waals surface area (Å²) in [6.07, 6.45) is -0.391. The van der Waals surface area contributed by atoms with Crippen molar-refractivity contribution in [3.8, 4) is 11.5 Å². The molecule has 0 aromatic heterocycles. The number of aromatic carboxylic acids is 1. The predicted molar refractivity (Wildman–Crippen MR) is 110 cm³/mol. The van der Waals surface area contributed by atoms with Gasteiger partial charge in [-0.2, -0.15) is 0 Å². The van der Waals surface area contributed by atoms with E-state index in [1.165, 1.54) is 12.1 Å². The van der Waals surface area contributed by atoms with E-state index in [0.717, 1.165) is 0 Å². The van der Waals surface area contributed by atoms with Crippen molar-refractivity contribution < 1.29 is 19.4 Å². The van der Waals surface area contributed by atoms with Gasteiger partial charge in [-0.05, 0) is 72.8 Å². The summed E-state index contributed by atoms with van der Waals surface area (Å²) in [5, 5.41) is 8.43. The minimum Gasteiger partial charge on any atom is -0.478 e. The molecule has 0 heterocycles. The number of carbonyl (C=O) groups is 1. The molecular weight excluding hydrogens is 358 g/mol. The highest BCUT2D eigenvalue weighted by Gasteiger charge is 2.05. The molecule has 0 saturated heterocycles. The average Bonchev–Trinajstić information content (AvgIpc) is 2.66. The summed E-state index contributed by atoms with van der Waals surface area (Å²) in [4.78, 5) is 10.3. The van der Waals surface area contributed by atoms with Crippen molar-refractivity contribution in [2.45, 2.75) is 13.2 Å². The first-order valence-corrected chi connectivity index (χ1v) is 8.46. The van der Waals surface area contributed by atoms with Gasteiger partial charge in [0.15, 0.2) is 0 Å². The summed E-state index contributed by atoms with van der Waals surface area (Å²) in [6.45, 7) is 1.83. The molecule has 7 N–H and O–H groups in total. The first kappa shape index (κ1) is 20.4. The maximum atomic E-state index is 10.3. The maximum Gasteiger partial charge on any atom is 0.335 e. The number of rotatable bonds is 5. The molecule has 3 aromatic carbocycles. The molecule has 0 bridgehead atoms. The van der Waals surface area contributed by atoms with Crippen LogP contribution in [-0.2, 0) is 0 Å². The lowest BCUT2D eigenvalue weighted by molar-refractivity contribution is 0.0223. The standard InChI is InChI=1S/C14H16N2O2.C7H7NO2/c1-10(17-13-6-2-11(15)3-7-13)18-14-8-4-12(16)5-9-14;8-6-3-1-5(2-4-6)7(9)10/h2-10H,15-16H2,1H3;1-4H,8H2,(H,9,10). The van der Waals surface area contributed by atoms with Crippen LogP contribution in [0.1, 0.15) is 17.3 Å². The summed E-state index contributed by atoms with van der Waals surface area (Å²) in [5.41, 5.74) is 18.8. The van der Waals surface area contributed by atoms with Gasteiger partial charge >= 0.3 is 5.97 Å². The summed E-state index contributed by atoms with van der Waals surface area (Å²) in [7, 11) is 0. The van der Waals surface area contributed by atoms with E-state index in [0.29, 0.717) is 28.6 Å². The average molecular weight is 381 g/mol. The van der Waals surface area contributed by atoms with Crippen LogP contribution >= 0.6 is 0 Å². The van der Waals surface area contributed by atoms with E-state index >= 15 is 0 Å². The molecule has 0 amide bonds. The molecule has 0 aliphatic rings. The Balaban J connectivity index is 0.000000237. The number of benzene rings is 3. The number of anilines is 3. The van der Waals surface area contributed by atoms with Gasteiger partial charge in [-0.1, -0.05) is 0 Å². The summed E-state index contributed by atoms with van der Waals surface area (Å²) in [5.74, 6) is 0.499. The lowest BCUT2D eigenvalue weighted by Gasteiger charge is -2.16. The fourth-order valence-corrected chi connectivity index (χ4v) is 2.13. The molecule has 0 unspecified atom stereocenters. The Morgan fingerprint density at radius 3 is 1.36 bits per heavy atom. The van der Waals surface area contributed by atoms with Gasteiger partial charge < -0.3 is 31.8 Å². The molecule has 28 heavy (non-hydrogen) atoms. The van der Waals surface area contributed by atoms with Crippen molar-refractivity contribution in [1.82, 2.24) is 0 Å². The van der Waals surface area contributed by atoms with Gasteiger partial charge in [0.1, 0.15) is 11.5 Å². The number of hydrogen-bond donors (Lipinski definition) is 4. The quantitative estimate of drug-likeness (QED) is 0.392. The molecule has 7 heteroatoms. The number of ether oxygens (including phenoxy) is 2. The first-order chi connectivity index (χ1) is 13.3. The van der Waals surface area contributed by atoms with Gasteiger partial charge in [-0.15, -0.1) is 0 Å². The van der Waals surface area contributed by atoms with Crippen LogP contribution in [-0.4, -0.2) is 17.4 Å². The zero-order valence-corrected chi connectivity index (χ0v) is 15.4. The van der Waals surface area contributed by atoms with Crippen LogP contribution in [0.5, 0.6) is 11.5 Å². The van der Waals surface area contributed by atoms with Crippen LogP contribution in [0, 0.1) is 0 Å². The van der Waals surface area contributed by atoms with E-state index in [-0.39, 0.29) is 5.56 Å². The lowest BCUT2D eigenvalue weighted by atomic mass is 10.2. The second-order valence-corrected chi connectivity index (χ2v) is 5.87. The SMILES string of the molecule is CC(Oc1ccc(N)cc1)Oc1ccc(N)cc1.Nc1ccc(C(=O)O)cc1. The molecule has 0 saturated carbocycles. The van der Waals surface area contributed by atoms with E-state index in [2.05, 4.69) is 0 Å². The van der Waals surface area contributed by atoms with E-state index in [1.54, 1.807) is 60.7 Å². The first-order valence-electron chi connectivity index (χ1n) is 8.46. The Kier molecular flexibility index (Phi) is 7.10. The van der Waals surface area contributed by atoms with E-state index < -0.39 is 12.3 Å². The number of carboxylic acids is 1. The van der Waals surface area contributed by atoms with Crippen LogP contribution < -0.4 is 26.7 Å². The number of nitrogens with two attached hydrogens (primary N) is 3. The van der Waals surface area contributed by atoms with Crippen molar-refractivity contribution in [3.05, 3.63) is 78.4 Å². The molecule has 0 aliphatic heterocycles. The minimum absolute atomic E-state index is 0.259. The number of carboxylic acid groups (broad SMARTS) is 1. The topological polar surface area (TPSA) is 134 Å². The number of nitrogen functional groups attached to an aromatic ring is 3. The Labute approximate surface area is 163 Å². The van der Waals surface area contributed by atoms with E-state index in [9.17, 15) is 4.79 Å². The highest BCUT2D eigenvalue weighted by Crippen LogP contribution is 2.18. The van der Waals surface area contributed by atoms with Gasteiger partial charge in [-0.25, -0.2) is 4.79 Å². The second-order valence-electron chi connectivity index (χ2n) is 5.87. The smallest absolute Gasteiger partial charge is 0.335 e. The third-order valence-electron chi connectivity index (χ3n) is 3.52. The van der Waals surface area contributed by atoms with Gasteiger partial charge in [0.2, 0.25) is 6.29 Å². The van der Waals surface area contributed by atoms with Crippen LogP contribution in [0.4, 0.5) is 17.1 Å². The largest absolute Gasteiger partial charge is 0.478 e. The summed E-state index contributed by atoms with van der Waals surface area (Å²) < 4.78 is 11.2. The zero-order chi connectivity index (χ0) is 20.5. The Morgan fingerprint density at radius 2 is 1.04 bits per heavy atom. The maximum absolute atomic E-state index is 10.3. The van der Waals surface area contributed by atoms with Crippen LogP contribution in [0.3, 0.4) is 0 Å². The van der Waals surface area contributed by atoms with Gasteiger partial charge in [-0.3, -0.25) is 0 Å². The van der Waals surface area contributed by atoms with Crippen LogP contribution in [0.2, 0.25) is 0 Å². The lowest BCUT2D eigenvalue weighted by Crippen LogP contribution is -2.19. The molecule has 0 atom stereocenters. The van der Waals surface area contributed by atoms with Gasteiger partial charge in [0.05, 0.1) is 5.56 Å². The minimum atomic E-state index is -0.931. The zero-order valence-electron chi connectivity index (χ0n) is 15.4. The van der Waals surface area contributed by atoms with Crippen LogP contribution in [0.15, 0.2) is 72.8 Å². The Hall–Kier alpha value is -3.87. The highest BCUT2D eigenvalue weighted by molar-refractivity contribution is 5.87. The molecule has 146 valence electrons. The highest BCUT2D eigenvalue weighted by atomic mass is 16.7. The van der Waals surface area contributed by atoms with Crippen molar-refractivity contribution in [2.24, 2.45) is 0 Å². The molecule has 0 fully saturated rings. The Bertz CT molecular complexity index is 832. The fraction of sp³-hybridized carbons (Fsp3) is 0.0952. The number of hydrogen-bond acceptors (Lipinski definition) is 6.